The van der Waals surface area contributed by atoms with Gasteiger partial charge >= 0.3 is 6.03 Å². The molecule has 0 saturated heterocycles. The average Bonchev–Trinajstić information content (AvgIpc) is 2.38. The maximum Gasteiger partial charge on any atom is 0.323 e. The number of para-hydroxylation sites is 1. The number of nitrogen functional groups attached to an aromatic ring is 1. The number of benzene rings is 2. The lowest BCUT2D eigenvalue weighted by Crippen LogP contribution is -2.21. The van der Waals surface area contributed by atoms with Gasteiger partial charge in [-0.3, -0.25) is 0 Å². The van der Waals surface area contributed by atoms with Crippen LogP contribution in [-0.2, 0) is 0 Å². The molecule has 20 heavy (non-hydrogen) atoms. The predicted octanol–water partition coefficient (Wildman–Crippen LogP) is 4.01. The van der Waals surface area contributed by atoms with Crippen LogP contribution in [0.4, 0.5) is 26.2 Å². The van der Waals surface area contributed by atoms with Crippen molar-refractivity contribution in [1.82, 2.24) is 0 Å². The van der Waals surface area contributed by atoms with Crippen molar-refractivity contribution in [1.29, 1.82) is 0 Å². The second-order valence-corrected chi connectivity index (χ2v) is 4.67. The van der Waals surface area contributed by atoms with Crippen molar-refractivity contribution in [3.8, 4) is 0 Å². The van der Waals surface area contributed by atoms with Gasteiger partial charge in [0, 0.05) is 0 Å². The van der Waals surface area contributed by atoms with Gasteiger partial charge in [-0.1, -0.05) is 23.7 Å². The maximum absolute atomic E-state index is 13.5. The van der Waals surface area contributed by atoms with Crippen LogP contribution in [0.25, 0.3) is 0 Å². The van der Waals surface area contributed by atoms with Crippen molar-refractivity contribution in [2.24, 2.45) is 0 Å². The molecular weight excluding hydrogens is 281 g/mol. The van der Waals surface area contributed by atoms with Gasteiger partial charge < -0.3 is 16.4 Å². The molecule has 104 valence electrons. The molecule has 0 spiro atoms. The highest BCUT2D eigenvalue weighted by Crippen LogP contribution is 2.25. The van der Waals surface area contributed by atoms with Crippen molar-refractivity contribution in [3.63, 3.8) is 0 Å². The van der Waals surface area contributed by atoms with E-state index in [1.807, 2.05) is 13.0 Å². The number of halogens is 2. The summed E-state index contributed by atoms with van der Waals surface area (Å²) in [7, 11) is 0. The van der Waals surface area contributed by atoms with Crippen molar-refractivity contribution >= 4 is 34.7 Å². The standard InChI is InChI=1S/C14H13ClFN3O/c1-8-5-6-11(17)12(7-8)18-14(20)19-13-9(15)3-2-4-10(13)16/h2-7H,17H2,1H3,(H2,18,19,20). The van der Waals surface area contributed by atoms with E-state index in [2.05, 4.69) is 10.6 Å². The molecule has 2 amide bonds. The number of rotatable bonds is 2. The van der Waals surface area contributed by atoms with Gasteiger partial charge in [0.2, 0.25) is 0 Å². The van der Waals surface area contributed by atoms with Crippen LogP contribution in [0, 0.1) is 12.7 Å². The summed E-state index contributed by atoms with van der Waals surface area (Å²) in [6.07, 6.45) is 0. The second kappa shape index (κ2) is 5.79. The largest absolute Gasteiger partial charge is 0.397 e. The fourth-order valence-corrected chi connectivity index (χ4v) is 1.87. The zero-order chi connectivity index (χ0) is 14.7. The van der Waals surface area contributed by atoms with Gasteiger partial charge in [0.05, 0.1) is 22.1 Å². The zero-order valence-corrected chi connectivity index (χ0v) is 11.5. The second-order valence-electron chi connectivity index (χ2n) is 4.27. The van der Waals surface area contributed by atoms with Crippen LogP contribution in [0.15, 0.2) is 36.4 Å². The molecule has 2 aromatic rings. The lowest BCUT2D eigenvalue weighted by molar-refractivity contribution is 0.262. The number of nitrogens with one attached hydrogen (secondary N) is 2. The third-order valence-electron chi connectivity index (χ3n) is 2.66. The molecule has 0 bridgehead atoms. The zero-order valence-electron chi connectivity index (χ0n) is 10.7. The normalized spacial score (nSPS) is 10.2. The number of urea groups is 1. The van der Waals surface area contributed by atoms with Crippen LogP contribution >= 0.6 is 11.6 Å². The fourth-order valence-electron chi connectivity index (χ4n) is 1.66. The number of nitrogens with two attached hydrogens (primary N) is 1. The first-order valence-corrected chi connectivity index (χ1v) is 6.23. The molecule has 0 aromatic heterocycles. The Morgan fingerprint density at radius 3 is 2.70 bits per heavy atom. The van der Waals surface area contributed by atoms with E-state index in [-0.39, 0.29) is 10.7 Å². The van der Waals surface area contributed by atoms with Crippen LogP contribution in [-0.4, -0.2) is 6.03 Å². The number of carbonyl (C=O) groups is 1. The summed E-state index contributed by atoms with van der Waals surface area (Å²) in [6.45, 7) is 1.87. The van der Waals surface area contributed by atoms with E-state index in [0.29, 0.717) is 11.4 Å². The molecule has 6 heteroatoms. The Hall–Kier alpha value is -2.27. The molecule has 4 nitrogen and oxygen atoms in total. The van der Waals surface area contributed by atoms with E-state index in [4.69, 9.17) is 17.3 Å². The first kappa shape index (κ1) is 14.1. The Morgan fingerprint density at radius 1 is 1.25 bits per heavy atom. The molecule has 4 N–H and O–H groups in total. The number of carbonyl (C=O) groups excluding carboxylic acids is 1. The highest BCUT2D eigenvalue weighted by atomic mass is 35.5. The summed E-state index contributed by atoms with van der Waals surface area (Å²) in [5.41, 5.74) is 7.50. The Morgan fingerprint density at radius 2 is 2.00 bits per heavy atom. The van der Waals surface area contributed by atoms with Crippen LogP contribution < -0.4 is 16.4 Å². The molecule has 0 unspecified atom stereocenters. The highest BCUT2D eigenvalue weighted by molar-refractivity contribution is 6.33. The molecule has 0 aliphatic rings. The van der Waals surface area contributed by atoms with Gasteiger partial charge in [-0.25, -0.2) is 9.18 Å². The van der Waals surface area contributed by atoms with Gasteiger partial charge in [-0.05, 0) is 36.8 Å². The SMILES string of the molecule is Cc1ccc(N)c(NC(=O)Nc2c(F)cccc2Cl)c1. The highest BCUT2D eigenvalue weighted by Gasteiger charge is 2.11. The van der Waals surface area contributed by atoms with E-state index in [1.165, 1.54) is 18.2 Å². The van der Waals surface area contributed by atoms with Gasteiger partial charge in [0.15, 0.2) is 0 Å². The quantitative estimate of drug-likeness (QED) is 0.732. The number of aryl methyl sites for hydroxylation is 1. The molecule has 0 aliphatic heterocycles. The van der Waals surface area contributed by atoms with Gasteiger partial charge in [0.1, 0.15) is 5.82 Å². The van der Waals surface area contributed by atoms with Crippen molar-refractivity contribution < 1.29 is 9.18 Å². The summed E-state index contributed by atoms with van der Waals surface area (Å²) >= 11 is 5.83. The molecule has 0 aliphatic carbocycles. The Labute approximate surface area is 120 Å². The molecule has 2 aromatic carbocycles. The first-order chi connectivity index (χ1) is 9.47. The number of anilines is 3. The molecule has 0 heterocycles. The Kier molecular flexibility index (Phi) is 4.10. The average molecular weight is 294 g/mol. The van der Waals surface area contributed by atoms with Gasteiger partial charge in [0.25, 0.3) is 0 Å². The third-order valence-corrected chi connectivity index (χ3v) is 2.97. The smallest absolute Gasteiger partial charge is 0.323 e. The molecule has 0 fully saturated rings. The summed E-state index contributed by atoms with van der Waals surface area (Å²) in [4.78, 5) is 11.8. The summed E-state index contributed by atoms with van der Waals surface area (Å²) < 4.78 is 13.5. The van der Waals surface area contributed by atoms with Crippen LogP contribution in [0.2, 0.25) is 5.02 Å². The predicted molar refractivity (Wildman–Crippen MR) is 79.6 cm³/mol. The van der Waals surface area contributed by atoms with Crippen LogP contribution in [0.5, 0.6) is 0 Å². The number of amides is 2. The molecular formula is C14H13ClFN3O. The first-order valence-electron chi connectivity index (χ1n) is 5.85. The summed E-state index contributed by atoms with van der Waals surface area (Å²) in [5, 5.41) is 5.04. The van der Waals surface area contributed by atoms with Crippen molar-refractivity contribution in [2.45, 2.75) is 6.92 Å². The molecule has 0 radical (unpaired) electrons. The summed E-state index contributed by atoms with van der Waals surface area (Å²) in [5.74, 6) is -0.607. The lowest BCUT2D eigenvalue weighted by atomic mass is 10.2. The molecule has 0 atom stereocenters. The minimum Gasteiger partial charge on any atom is -0.397 e. The monoisotopic (exact) mass is 293 g/mol. The van der Waals surface area contributed by atoms with Crippen molar-refractivity contribution in [2.75, 3.05) is 16.4 Å². The minimum absolute atomic E-state index is 0.0714. The fraction of sp³-hybridized carbons (Fsp3) is 0.0714. The van der Waals surface area contributed by atoms with E-state index in [1.54, 1.807) is 12.1 Å². The van der Waals surface area contributed by atoms with E-state index >= 15 is 0 Å². The van der Waals surface area contributed by atoms with E-state index in [0.717, 1.165) is 5.56 Å². The summed E-state index contributed by atoms with van der Waals surface area (Å²) in [6, 6.07) is 8.77. The molecule has 2 rings (SSSR count). The molecule has 0 saturated carbocycles. The number of hydrogen-bond donors (Lipinski definition) is 3. The number of hydrogen-bond acceptors (Lipinski definition) is 2. The topological polar surface area (TPSA) is 67.1 Å². The van der Waals surface area contributed by atoms with Crippen LogP contribution in [0.3, 0.4) is 0 Å². The maximum atomic E-state index is 13.5. The van der Waals surface area contributed by atoms with E-state index in [9.17, 15) is 9.18 Å². The van der Waals surface area contributed by atoms with E-state index < -0.39 is 11.8 Å². The Balaban J connectivity index is 2.15. The van der Waals surface area contributed by atoms with Crippen LogP contribution in [0.1, 0.15) is 5.56 Å². The Bertz CT molecular complexity index is 641. The van der Waals surface area contributed by atoms with Gasteiger partial charge in [-0.15, -0.1) is 0 Å². The van der Waals surface area contributed by atoms with Crippen molar-refractivity contribution in [3.05, 3.63) is 52.8 Å². The third kappa shape index (κ3) is 3.19. The van der Waals surface area contributed by atoms with Gasteiger partial charge in [-0.2, -0.15) is 0 Å². The minimum atomic E-state index is -0.616. The lowest BCUT2D eigenvalue weighted by Gasteiger charge is -2.11.